The molecule has 1 rings (SSSR count). The van der Waals surface area contributed by atoms with Gasteiger partial charge in [0, 0.05) is 24.7 Å². The maximum absolute atomic E-state index is 13.1. The molecule has 14 nitrogen and oxygen atoms in total. The number of aliphatic hydroxyl groups is 1. The molecule has 1 heterocycles. The number of aliphatic carboxylic acids is 1. The Morgan fingerprint density at radius 3 is 2.17 bits per heavy atom. The number of nitrogens with one attached hydrogen (secondary N) is 4. The van der Waals surface area contributed by atoms with Crippen LogP contribution in [0.4, 0.5) is 0 Å². The Morgan fingerprint density at radius 2 is 1.69 bits per heavy atom. The van der Waals surface area contributed by atoms with Crippen molar-refractivity contribution in [2.75, 3.05) is 0 Å². The third-order valence-electron chi connectivity index (χ3n) is 5.48. The number of carbonyl (C=O) groups is 5. The molecule has 4 amide bonds. The number of H-pyrrole nitrogens is 1. The maximum Gasteiger partial charge on any atom is 0.328 e. The Bertz CT molecular complexity index is 875. The van der Waals surface area contributed by atoms with E-state index in [1.165, 1.54) is 19.4 Å². The third-order valence-corrected chi connectivity index (χ3v) is 5.48. The van der Waals surface area contributed by atoms with E-state index < -0.39 is 59.9 Å². The van der Waals surface area contributed by atoms with E-state index >= 15 is 0 Å². The largest absolute Gasteiger partial charge is 0.480 e. The van der Waals surface area contributed by atoms with Crippen molar-refractivity contribution in [2.45, 2.75) is 76.7 Å². The van der Waals surface area contributed by atoms with Crippen molar-refractivity contribution in [1.29, 1.82) is 0 Å². The smallest absolute Gasteiger partial charge is 0.328 e. The molecule has 0 saturated carbocycles. The van der Waals surface area contributed by atoms with Crippen molar-refractivity contribution < 1.29 is 34.2 Å². The van der Waals surface area contributed by atoms with E-state index in [0.717, 1.165) is 0 Å². The molecule has 0 spiro atoms. The highest BCUT2D eigenvalue weighted by molar-refractivity contribution is 5.94. The van der Waals surface area contributed by atoms with Gasteiger partial charge in [0.15, 0.2) is 6.04 Å². The van der Waals surface area contributed by atoms with Crippen molar-refractivity contribution in [3.63, 3.8) is 0 Å². The fourth-order valence-electron chi connectivity index (χ4n) is 3.15. The second kappa shape index (κ2) is 14.0. The van der Waals surface area contributed by atoms with Crippen molar-refractivity contribution in [3.8, 4) is 0 Å². The van der Waals surface area contributed by atoms with E-state index in [9.17, 15) is 34.2 Å². The highest BCUT2D eigenvalue weighted by Crippen LogP contribution is 2.10. The molecule has 1 aromatic rings. The van der Waals surface area contributed by atoms with Crippen molar-refractivity contribution >= 4 is 29.6 Å². The number of hydrogen-bond donors (Lipinski definition) is 8. The number of aromatic nitrogens is 2. The Balaban J connectivity index is 3.00. The fourth-order valence-corrected chi connectivity index (χ4v) is 3.15. The van der Waals surface area contributed by atoms with Crippen LogP contribution in [0.2, 0.25) is 0 Å². The normalized spacial score (nSPS) is 16.1. The number of nitrogens with zero attached hydrogens (tertiary/aromatic N) is 1. The molecule has 1 aromatic heterocycles. The zero-order valence-electron chi connectivity index (χ0n) is 20.0. The molecule has 0 saturated heterocycles. The van der Waals surface area contributed by atoms with E-state index in [2.05, 4.69) is 25.9 Å². The van der Waals surface area contributed by atoms with Crippen molar-refractivity contribution in [2.24, 2.45) is 17.4 Å². The topological polar surface area (TPSA) is 243 Å². The van der Waals surface area contributed by atoms with Gasteiger partial charge in [-0.3, -0.25) is 19.2 Å². The molecule has 0 aromatic carbocycles. The lowest BCUT2D eigenvalue weighted by molar-refractivity contribution is -0.145. The summed E-state index contributed by atoms with van der Waals surface area (Å²) < 4.78 is 0. The predicted octanol–water partition coefficient (Wildman–Crippen LogP) is -2.49. The number of aromatic amines is 1. The summed E-state index contributed by atoms with van der Waals surface area (Å²) in [7, 11) is 0. The number of carboxylic acids is 1. The lowest BCUT2D eigenvalue weighted by Gasteiger charge is -2.28. The van der Waals surface area contributed by atoms with Gasteiger partial charge >= 0.3 is 5.97 Å². The lowest BCUT2D eigenvalue weighted by Crippen LogP contribution is -2.59. The molecule has 0 radical (unpaired) electrons. The van der Waals surface area contributed by atoms with Gasteiger partial charge in [-0.25, -0.2) is 9.78 Å². The third kappa shape index (κ3) is 9.70. The van der Waals surface area contributed by atoms with E-state index in [4.69, 9.17) is 11.5 Å². The first-order valence-corrected chi connectivity index (χ1v) is 11.2. The number of hydrogen-bond acceptors (Lipinski definition) is 8. The Hall–Kier alpha value is -3.52. The van der Waals surface area contributed by atoms with E-state index in [0.29, 0.717) is 12.1 Å². The predicted molar refractivity (Wildman–Crippen MR) is 123 cm³/mol. The van der Waals surface area contributed by atoms with Crippen LogP contribution in [0.3, 0.4) is 0 Å². The second-order valence-electron chi connectivity index (χ2n) is 8.39. The average Bonchev–Trinajstić information content (AvgIpc) is 3.29. The molecule has 0 bridgehead atoms. The first kappa shape index (κ1) is 29.5. The number of aliphatic hydroxyl groups excluding tert-OH is 1. The zero-order valence-corrected chi connectivity index (χ0v) is 20.0. The minimum absolute atomic E-state index is 0.153. The zero-order chi connectivity index (χ0) is 26.7. The van der Waals surface area contributed by atoms with Gasteiger partial charge in [-0.15, -0.1) is 0 Å². The molecule has 0 aliphatic carbocycles. The Kier molecular flexibility index (Phi) is 11.8. The Labute approximate surface area is 202 Å². The van der Waals surface area contributed by atoms with Crippen LogP contribution in [-0.2, 0) is 30.4 Å². The lowest BCUT2D eigenvalue weighted by atomic mass is 9.96. The molecule has 35 heavy (non-hydrogen) atoms. The van der Waals surface area contributed by atoms with Gasteiger partial charge in [0.05, 0.1) is 18.5 Å². The quantitative estimate of drug-likeness (QED) is 0.128. The SMILES string of the molecule is CCC(C)C(NC(=O)C(N)Cc1cnc[nH]1)C(=O)NC(CCC(N)=O)C(=O)NC(C(=O)O)C(C)O. The molecular weight excluding hydrogens is 462 g/mol. The summed E-state index contributed by atoms with van der Waals surface area (Å²) >= 11 is 0. The highest BCUT2D eigenvalue weighted by atomic mass is 16.4. The molecular formula is C21H35N7O7. The van der Waals surface area contributed by atoms with Gasteiger partial charge in [-0.05, 0) is 19.3 Å². The van der Waals surface area contributed by atoms with Gasteiger partial charge in [-0.1, -0.05) is 20.3 Å². The van der Waals surface area contributed by atoms with Crippen LogP contribution in [0.25, 0.3) is 0 Å². The van der Waals surface area contributed by atoms with E-state index in [1.54, 1.807) is 13.8 Å². The number of nitrogens with two attached hydrogens (primary N) is 2. The summed E-state index contributed by atoms with van der Waals surface area (Å²) in [5.41, 5.74) is 11.7. The van der Waals surface area contributed by atoms with Crippen LogP contribution in [0.15, 0.2) is 12.5 Å². The van der Waals surface area contributed by atoms with Crippen molar-refractivity contribution in [3.05, 3.63) is 18.2 Å². The molecule has 14 heteroatoms. The fraction of sp³-hybridized carbons (Fsp3) is 0.619. The minimum atomic E-state index is -1.64. The molecule has 6 unspecified atom stereocenters. The number of amides is 4. The average molecular weight is 498 g/mol. The Morgan fingerprint density at radius 1 is 1.06 bits per heavy atom. The van der Waals surface area contributed by atoms with Crippen LogP contribution >= 0.6 is 0 Å². The molecule has 0 aliphatic heterocycles. The van der Waals surface area contributed by atoms with Crippen LogP contribution in [0.5, 0.6) is 0 Å². The highest BCUT2D eigenvalue weighted by Gasteiger charge is 2.33. The van der Waals surface area contributed by atoms with Gasteiger partial charge < -0.3 is 42.6 Å². The van der Waals surface area contributed by atoms with Crippen LogP contribution in [0.1, 0.15) is 45.7 Å². The standard InChI is InChI=1S/C21H35N7O7/c1-4-10(2)16(27-18(31)13(22)7-12-8-24-9-25-12)20(33)26-14(5-6-15(23)30)19(32)28-17(11(3)29)21(34)35/h8-11,13-14,16-17,29H,4-7,22H2,1-3H3,(H2,23,30)(H,24,25)(H,26,33)(H,27,31)(H,28,32)(H,34,35). The van der Waals surface area contributed by atoms with Gasteiger partial charge in [0.1, 0.15) is 12.1 Å². The second-order valence-corrected chi connectivity index (χ2v) is 8.39. The molecule has 196 valence electrons. The molecule has 10 N–H and O–H groups in total. The summed E-state index contributed by atoms with van der Waals surface area (Å²) in [4.78, 5) is 67.7. The maximum atomic E-state index is 13.1. The monoisotopic (exact) mass is 497 g/mol. The van der Waals surface area contributed by atoms with Crippen molar-refractivity contribution in [1.82, 2.24) is 25.9 Å². The molecule has 6 atom stereocenters. The number of carboxylic acid groups (broad SMARTS) is 1. The van der Waals surface area contributed by atoms with E-state index in [1.807, 2.05) is 0 Å². The number of imidazole rings is 1. The first-order valence-electron chi connectivity index (χ1n) is 11.2. The summed E-state index contributed by atoms with van der Waals surface area (Å²) in [6, 6.07) is -5.04. The van der Waals surface area contributed by atoms with Crippen LogP contribution in [0, 0.1) is 5.92 Å². The van der Waals surface area contributed by atoms with Crippen LogP contribution in [-0.4, -0.2) is 80.1 Å². The van der Waals surface area contributed by atoms with Gasteiger partial charge in [0.25, 0.3) is 0 Å². The summed E-state index contributed by atoms with van der Waals surface area (Å²) in [5, 5.41) is 26.0. The molecule has 0 fully saturated rings. The number of carbonyl (C=O) groups excluding carboxylic acids is 4. The number of primary amides is 1. The summed E-state index contributed by atoms with van der Waals surface area (Å²) in [6.07, 6.45) is 1.69. The van der Waals surface area contributed by atoms with E-state index in [-0.39, 0.29) is 25.2 Å². The van der Waals surface area contributed by atoms with Crippen LogP contribution < -0.4 is 27.4 Å². The first-order chi connectivity index (χ1) is 16.4. The number of rotatable bonds is 15. The van der Waals surface area contributed by atoms with Gasteiger partial charge in [0.2, 0.25) is 23.6 Å². The molecule has 0 aliphatic rings. The minimum Gasteiger partial charge on any atom is -0.480 e. The summed E-state index contributed by atoms with van der Waals surface area (Å²) in [5.74, 6) is -4.84. The summed E-state index contributed by atoms with van der Waals surface area (Å²) in [6.45, 7) is 4.70. The van der Waals surface area contributed by atoms with Gasteiger partial charge in [-0.2, -0.15) is 0 Å².